The molecule has 0 aliphatic heterocycles. The Hall–Kier alpha value is -1.95. The standard InChI is InChI=1S/C10H9N3/c1-6-8-3-2-7(5-11)4-9(8)13-10(6)12/h2-4,13H,12H2,1H3. The van der Waals surface area contributed by atoms with Gasteiger partial charge in [-0.3, -0.25) is 0 Å². The molecule has 0 saturated heterocycles. The summed E-state index contributed by atoms with van der Waals surface area (Å²) in [4.78, 5) is 3.03. The fraction of sp³-hybridized carbons (Fsp3) is 0.100. The van der Waals surface area contributed by atoms with E-state index in [2.05, 4.69) is 11.1 Å². The number of aromatic amines is 1. The summed E-state index contributed by atoms with van der Waals surface area (Å²) in [6.45, 7) is 1.96. The first-order valence-corrected chi connectivity index (χ1v) is 4.00. The lowest BCUT2D eigenvalue weighted by molar-refractivity contribution is 1.42. The van der Waals surface area contributed by atoms with Gasteiger partial charge in [0.15, 0.2) is 0 Å². The van der Waals surface area contributed by atoms with Crippen molar-refractivity contribution in [2.24, 2.45) is 0 Å². The molecule has 3 N–H and O–H groups in total. The molecular formula is C10H9N3. The van der Waals surface area contributed by atoms with Gasteiger partial charge in [-0.25, -0.2) is 0 Å². The molecule has 0 atom stereocenters. The van der Waals surface area contributed by atoms with Gasteiger partial charge in [-0.2, -0.15) is 5.26 Å². The van der Waals surface area contributed by atoms with Crippen molar-refractivity contribution in [1.29, 1.82) is 5.26 Å². The lowest BCUT2D eigenvalue weighted by atomic mass is 10.1. The van der Waals surface area contributed by atoms with Crippen molar-refractivity contribution in [1.82, 2.24) is 4.98 Å². The minimum absolute atomic E-state index is 0.647. The van der Waals surface area contributed by atoms with Crippen molar-refractivity contribution in [3.05, 3.63) is 29.3 Å². The molecule has 3 heteroatoms. The lowest BCUT2D eigenvalue weighted by Crippen LogP contribution is -1.84. The smallest absolute Gasteiger partial charge is 0.104 e. The van der Waals surface area contributed by atoms with Gasteiger partial charge < -0.3 is 10.7 Å². The van der Waals surface area contributed by atoms with Gasteiger partial charge in [0.05, 0.1) is 11.6 Å². The maximum atomic E-state index is 8.68. The van der Waals surface area contributed by atoms with Crippen molar-refractivity contribution in [3.63, 3.8) is 0 Å². The number of H-pyrrole nitrogens is 1. The van der Waals surface area contributed by atoms with E-state index in [1.807, 2.05) is 13.0 Å². The van der Waals surface area contributed by atoms with E-state index in [1.54, 1.807) is 12.1 Å². The number of anilines is 1. The number of hydrogen-bond donors (Lipinski definition) is 2. The van der Waals surface area contributed by atoms with E-state index in [0.717, 1.165) is 16.5 Å². The molecule has 0 radical (unpaired) electrons. The van der Waals surface area contributed by atoms with E-state index in [9.17, 15) is 0 Å². The van der Waals surface area contributed by atoms with Gasteiger partial charge in [-0.1, -0.05) is 6.07 Å². The van der Waals surface area contributed by atoms with Gasteiger partial charge in [0.2, 0.25) is 0 Å². The molecule has 0 unspecified atom stereocenters. The first-order chi connectivity index (χ1) is 6.22. The molecule has 1 heterocycles. The third kappa shape index (κ3) is 1.04. The Balaban J connectivity index is 2.82. The number of fused-ring (bicyclic) bond motifs is 1. The van der Waals surface area contributed by atoms with Crippen LogP contribution in [0.4, 0.5) is 5.82 Å². The monoisotopic (exact) mass is 171 g/mol. The topological polar surface area (TPSA) is 65.6 Å². The summed E-state index contributed by atoms with van der Waals surface area (Å²) in [5.74, 6) is 0.671. The van der Waals surface area contributed by atoms with Gasteiger partial charge in [-0.15, -0.1) is 0 Å². The van der Waals surface area contributed by atoms with Crippen LogP contribution in [0, 0.1) is 18.3 Å². The zero-order chi connectivity index (χ0) is 9.42. The molecular weight excluding hydrogens is 162 g/mol. The van der Waals surface area contributed by atoms with Gasteiger partial charge in [0, 0.05) is 10.9 Å². The average Bonchev–Trinajstić information content (AvgIpc) is 2.42. The highest BCUT2D eigenvalue weighted by atomic mass is 14.8. The average molecular weight is 171 g/mol. The maximum absolute atomic E-state index is 8.68. The molecule has 1 aromatic carbocycles. The molecule has 13 heavy (non-hydrogen) atoms. The summed E-state index contributed by atoms with van der Waals surface area (Å²) in [7, 11) is 0. The zero-order valence-electron chi connectivity index (χ0n) is 7.26. The van der Waals surface area contributed by atoms with Crippen molar-refractivity contribution >= 4 is 16.7 Å². The van der Waals surface area contributed by atoms with Crippen LogP contribution in [0.3, 0.4) is 0 Å². The Morgan fingerprint density at radius 2 is 2.23 bits per heavy atom. The van der Waals surface area contributed by atoms with Crippen molar-refractivity contribution in [2.45, 2.75) is 6.92 Å². The summed E-state index contributed by atoms with van der Waals surface area (Å²) in [6, 6.07) is 7.60. The summed E-state index contributed by atoms with van der Waals surface area (Å²) < 4.78 is 0. The molecule has 2 rings (SSSR count). The molecule has 0 bridgehead atoms. The minimum atomic E-state index is 0.647. The van der Waals surface area contributed by atoms with E-state index >= 15 is 0 Å². The number of benzene rings is 1. The van der Waals surface area contributed by atoms with Crippen LogP contribution in [-0.4, -0.2) is 4.98 Å². The van der Waals surface area contributed by atoms with Crippen LogP contribution >= 0.6 is 0 Å². The number of nitrogens with zero attached hydrogens (tertiary/aromatic N) is 1. The highest BCUT2D eigenvalue weighted by molar-refractivity contribution is 5.88. The van der Waals surface area contributed by atoms with E-state index in [0.29, 0.717) is 11.4 Å². The van der Waals surface area contributed by atoms with Gasteiger partial charge >= 0.3 is 0 Å². The Kier molecular flexibility index (Phi) is 1.49. The third-order valence-electron chi connectivity index (χ3n) is 2.23. The largest absolute Gasteiger partial charge is 0.385 e. The fourth-order valence-electron chi connectivity index (χ4n) is 1.43. The predicted octanol–water partition coefficient (Wildman–Crippen LogP) is 1.93. The first-order valence-electron chi connectivity index (χ1n) is 4.00. The second-order valence-electron chi connectivity index (χ2n) is 3.04. The number of aromatic nitrogens is 1. The second kappa shape index (κ2) is 2.53. The number of rotatable bonds is 0. The molecule has 0 fully saturated rings. The molecule has 3 nitrogen and oxygen atoms in total. The molecule has 0 amide bonds. The summed E-state index contributed by atoms with van der Waals surface area (Å²) in [6.07, 6.45) is 0. The molecule has 0 spiro atoms. The summed E-state index contributed by atoms with van der Waals surface area (Å²) in [5.41, 5.74) is 8.32. The van der Waals surface area contributed by atoms with E-state index < -0.39 is 0 Å². The van der Waals surface area contributed by atoms with Crippen LogP contribution in [0.15, 0.2) is 18.2 Å². The van der Waals surface area contributed by atoms with Crippen LogP contribution in [0.25, 0.3) is 10.9 Å². The summed E-state index contributed by atoms with van der Waals surface area (Å²) >= 11 is 0. The lowest BCUT2D eigenvalue weighted by Gasteiger charge is -1.90. The van der Waals surface area contributed by atoms with Gasteiger partial charge in [0.25, 0.3) is 0 Å². The van der Waals surface area contributed by atoms with Crippen molar-refractivity contribution < 1.29 is 0 Å². The van der Waals surface area contributed by atoms with Crippen LogP contribution in [0.5, 0.6) is 0 Å². The van der Waals surface area contributed by atoms with Gasteiger partial charge in [-0.05, 0) is 24.6 Å². The Morgan fingerprint density at radius 1 is 1.46 bits per heavy atom. The minimum Gasteiger partial charge on any atom is -0.385 e. The number of aryl methyl sites for hydroxylation is 1. The van der Waals surface area contributed by atoms with Crippen LogP contribution in [0.2, 0.25) is 0 Å². The number of nitrogens with two attached hydrogens (primary N) is 1. The Morgan fingerprint density at radius 3 is 2.92 bits per heavy atom. The van der Waals surface area contributed by atoms with E-state index in [1.165, 1.54) is 0 Å². The molecule has 0 saturated carbocycles. The number of nitrogens with one attached hydrogen (secondary N) is 1. The van der Waals surface area contributed by atoms with Gasteiger partial charge in [0.1, 0.15) is 5.82 Å². The number of nitriles is 1. The maximum Gasteiger partial charge on any atom is 0.104 e. The molecule has 0 aliphatic rings. The normalized spacial score (nSPS) is 10.2. The molecule has 1 aromatic heterocycles. The highest BCUT2D eigenvalue weighted by Gasteiger charge is 2.04. The van der Waals surface area contributed by atoms with Crippen LogP contribution in [0.1, 0.15) is 11.1 Å². The summed E-state index contributed by atoms with van der Waals surface area (Å²) in [5, 5.41) is 9.76. The quantitative estimate of drug-likeness (QED) is 0.636. The molecule has 0 aliphatic carbocycles. The van der Waals surface area contributed by atoms with Crippen molar-refractivity contribution in [2.75, 3.05) is 5.73 Å². The highest BCUT2D eigenvalue weighted by Crippen LogP contribution is 2.23. The van der Waals surface area contributed by atoms with Crippen molar-refractivity contribution in [3.8, 4) is 6.07 Å². The second-order valence-corrected chi connectivity index (χ2v) is 3.04. The Bertz CT molecular complexity index is 503. The Labute approximate surface area is 75.8 Å². The fourth-order valence-corrected chi connectivity index (χ4v) is 1.43. The molecule has 2 aromatic rings. The third-order valence-corrected chi connectivity index (χ3v) is 2.23. The first kappa shape index (κ1) is 7.69. The van der Waals surface area contributed by atoms with Crippen LogP contribution < -0.4 is 5.73 Å². The van der Waals surface area contributed by atoms with Crippen LogP contribution in [-0.2, 0) is 0 Å². The number of nitrogen functional groups attached to an aromatic ring is 1. The molecule has 64 valence electrons. The van der Waals surface area contributed by atoms with E-state index in [4.69, 9.17) is 11.0 Å². The SMILES string of the molecule is Cc1c(N)[nH]c2cc(C#N)ccc12. The zero-order valence-corrected chi connectivity index (χ0v) is 7.26. The number of hydrogen-bond acceptors (Lipinski definition) is 2. The predicted molar refractivity (Wildman–Crippen MR) is 52.2 cm³/mol. The van der Waals surface area contributed by atoms with E-state index in [-0.39, 0.29) is 0 Å².